The van der Waals surface area contributed by atoms with Crippen LogP contribution in [-0.4, -0.2) is 68.6 Å². The molecule has 44 heavy (non-hydrogen) atoms. The molecule has 0 saturated carbocycles. The van der Waals surface area contributed by atoms with Crippen molar-refractivity contribution < 1.29 is 33.6 Å². The molecule has 3 aromatic carbocycles. The molecule has 0 aromatic heterocycles. The van der Waals surface area contributed by atoms with E-state index in [9.17, 15) is 14.7 Å². The van der Waals surface area contributed by atoms with Crippen LogP contribution in [0.1, 0.15) is 42.4 Å². The minimum atomic E-state index is -0.931. The van der Waals surface area contributed by atoms with E-state index in [0.717, 1.165) is 35.2 Å². The van der Waals surface area contributed by atoms with Gasteiger partial charge in [-0.25, -0.2) is 0 Å². The summed E-state index contributed by atoms with van der Waals surface area (Å²) in [5, 5.41) is 10.7. The van der Waals surface area contributed by atoms with Crippen LogP contribution in [0.5, 0.6) is 23.0 Å². The molecule has 0 aliphatic carbocycles. The molecule has 2 heterocycles. The lowest BCUT2D eigenvalue weighted by molar-refractivity contribution is -0.143. The third-order valence-corrected chi connectivity index (χ3v) is 8.60. The summed E-state index contributed by atoms with van der Waals surface area (Å²) in [5.74, 6) is -0.0873. The van der Waals surface area contributed by atoms with E-state index in [-0.39, 0.29) is 19.2 Å². The maximum absolute atomic E-state index is 14.1. The van der Waals surface area contributed by atoms with Crippen molar-refractivity contribution in [2.45, 2.75) is 44.7 Å². The number of anilines is 1. The Kier molecular flexibility index (Phi) is 9.92. The van der Waals surface area contributed by atoms with E-state index in [2.05, 4.69) is 6.92 Å². The molecule has 2 aliphatic rings. The second-order valence-corrected chi connectivity index (χ2v) is 11.2. The molecule has 1 amide bonds. The van der Waals surface area contributed by atoms with Gasteiger partial charge in [-0.1, -0.05) is 43.7 Å². The maximum atomic E-state index is 14.1. The predicted octanol–water partition coefficient (Wildman–Crippen LogP) is 4.44. The average molecular weight is 604 g/mol. The Morgan fingerprint density at radius 3 is 2.57 bits per heavy atom. The number of methoxy groups -OCH3 is 2. The number of amides is 1. The van der Waals surface area contributed by atoms with Crippen molar-refractivity contribution >= 4 is 17.6 Å². The predicted molar refractivity (Wildman–Crippen MR) is 167 cm³/mol. The molecule has 10 heteroatoms. The van der Waals surface area contributed by atoms with Crippen LogP contribution >= 0.6 is 0 Å². The number of aliphatic carboxylic acids is 1. The number of nitrogens with two attached hydrogens (primary N) is 1. The van der Waals surface area contributed by atoms with Crippen LogP contribution in [0.4, 0.5) is 5.69 Å². The number of hydrogen-bond donors (Lipinski definition) is 2. The third-order valence-electron chi connectivity index (χ3n) is 8.60. The minimum absolute atomic E-state index is 0.0539. The van der Waals surface area contributed by atoms with Crippen molar-refractivity contribution in [1.82, 2.24) is 4.90 Å². The molecule has 1 saturated heterocycles. The molecular formula is C34H41N3O7. The van der Waals surface area contributed by atoms with Crippen LogP contribution in [0.3, 0.4) is 0 Å². The van der Waals surface area contributed by atoms with Crippen molar-refractivity contribution in [3.8, 4) is 23.0 Å². The fourth-order valence-corrected chi connectivity index (χ4v) is 6.37. The summed E-state index contributed by atoms with van der Waals surface area (Å²) in [7, 11) is 3.15. The number of ether oxygens (including phenoxy) is 4. The Balaban J connectivity index is 1.53. The molecule has 1 fully saturated rings. The largest absolute Gasteiger partial charge is 0.496 e. The Hall–Kier alpha value is -4.28. The van der Waals surface area contributed by atoms with E-state index in [1.807, 2.05) is 65.6 Å². The summed E-state index contributed by atoms with van der Waals surface area (Å²) >= 11 is 0. The molecule has 10 nitrogen and oxygen atoms in total. The number of nitrogens with zero attached hydrogens (tertiary/aromatic N) is 2. The van der Waals surface area contributed by atoms with E-state index in [0.29, 0.717) is 49.1 Å². The number of likely N-dealkylation sites (tertiary alicyclic amines) is 1. The van der Waals surface area contributed by atoms with Gasteiger partial charge < -0.3 is 34.7 Å². The molecule has 234 valence electrons. The lowest BCUT2D eigenvalue weighted by Gasteiger charge is -2.30. The molecular weight excluding hydrogens is 562 g/mol. The van der Waals surface area contributed by atoms with Crippen LogP contribution < -0.4 is 29.6 Å². The van der Waals surface area contributed by atoms with Gasteiger partial charge in [-0.2, -0.15) is 0 Å². The second-order valence-electron chi connectivity index (χ2n) is 11.2. The van der Waals surface area contributed by atoms with Gasteiger partial charge in [0.15, 0.2) is 11.5 Å². The highest BCUT2D eigenvalue weighted by Gasteiger charge is 2.48. The van der Waals surface area contributed by atoms with Gasteiger partial charge in [-0.3, -0.25) is 14.5 Å². The summed E-state index contributed by atoms with van der Waals surface area (Å²) in [6.07, 6.45) is 2.15. The smallest absolute Gasteiger partial charge is 0.308 e. The van der Waals surface area contributed by atoms with Crippen LogP contribution in [0.25, 0.3) is 0 Å². The van der Waals surface area contributed by atoms with Gasteiger partial charge in [0.25, 0.3) is 0 Å². The first-order valence-corrected chi connectivity index (χ1v) is 15.0. The molecule has 3 unspecified atom stereocenters. The van der Waals surface area contributed by atoms with Crippen LogP contribution in [0.15, 0.2) is 60.7 Å². The number of rotatable bonds is 13. The van der Waals surface area contributed by atoms with Gasteiger partial charge in [-0.05, 0) is 59.9 Å². The number of fused-ring (bicyclic) bond motifs is 1. The van der Waals surface area contributed by atoms with Crippen molar-refractivity contribution in [2.75, 3.05) is 45.5 Å². The van der Waals surface area contributed by atoms with Crippen LogP contribution in [0, 0.1) is 5.92 Å². The van der Waals surface area contributed by atoms with Crippen molar-refractivity contribution in [3.05, 3.63) is 77.4 Å². The first kappa shape index (κ1) is 31.2. The van der Waals surface area contributed by atoms with Gasteiger partial charge in [0.2, 0.25) is 18.4 Å². The van der Waals surface area contributed by atoms with E-state index in [1.165, 1.54) is 0 Å². The highest BCUT2D eigenvalue weighted by atomic mass is 16.7. The van der Waals surface area contributed by atoms with E-state index >= 15 is 0 Å². The number of para-hydroxylation sites is 1. The maximum Gasteiger partial charge on any atom is 0.308 e. The monoisotopic (exact) mass is 603 g/mol. The summed E-state index contributed by atoms with van der Waals surface area (Å²) in [6.45, 7) is 3.49. The molecule has 5 rings (SSSR count). The Bertz CT molecular complexity index is 1480. The highest BCUT2D eigenvalue weighted by molar-refractivity contribution is 5.95. The first-order chi connectivity index (χ1) is 21.4. The fourth-order valence-electron chi connectivity index (χ4n) is 6.37. The van der Waals surface area contributed by atoms with Gasteiger partial charge in [0, 0.05) is 37.3 Å². The number of carboxylic acids is 1. The first-order valence-electron chi connectivity index (χ1n) is 15.0. The van der Waals surface area contributed by atoms with E-state index in [4.69, 9.17) is 24.7 Å². The lowest BCUT2D eigenvalue weighted by Crippen LogP contribution is -2.45. The molecule has 0 radical (unpaired) electrons. The zero-order valence-corrected chi connectivity index (χ0v) is 25.5. The normalized spacial score (nSPS) is 19.1. The van der Waals surface area contributed by atoms with E-state index in [1.54, 1.807) is 19.1 Å². The van der Waals surface area contributed by atoms with E-state index < -0.39 is 23.8 Å². The fraction of sp³-hybridized carbons (Fsp3) is 0.412. The Morgan fingerprint density at radius 2 is 1.84 bits per heavy atom. The zero-order chi connectivity index (χ0) is 31.2. The standard InChI is InChI=1S/C34H41N3O7/c1-4-5-13-37(25-11-8-9-22(14-25)18-35)31(38)20-36-19-26(24-16-29(42-3)33-30(17-24)43-21-44-33)32(34(39)40)27(36)15-23-10-6-7-12-28(23)41-2/h6-12,14,16-17,26-27,32H,4-5,13,15,18-21,35H2,1-3H3,(H,39,40). The zero-order valence-electron chi connectivity index (χ0n) is 25.5. The second kappa shape index (κ2) is 14.0. The summed E-state index contributed by atoms with van der Waals surface area (Å²) in [6, 6.07) is 18.5. The van der Waals surface area contributed by atoms with Gasteiger partial charge >= 0.3 is 5.97 Å². The molecule has 3 N–H and O–H groups in total. The summed E-state index contributed by atoms with van der Waals surface area (Å²) in [4.78, 5) is 31.0. The van der Waals surface area contributed by atoms with Gasteiger partial charge in [0.1, 0.15) is 5.75 Å². The van der Waals surface area contributed by atoms with Gasteiger partial charge in [0.05, 0.1) is 26.7 Å². The molecule has 3 atom stereocenters. The number of carboxylic acid groups (broad SMARTS) is 1. The third kappa shape index (κ3) is 6.46. The number of carbonyl (C=O) groups is 2. The number of benzene rings is 3. The van der Waals surface area contributed by atoms with Gasteiger partial charge in [-0.15, -0.1) is 0 Å². The lowest BCUT2D eigenvalue weighted by atomic mass is 9.83. The Labute approximate surface area is 258 Å². The minimum Gasteiger partial charge on any atom is -0.496 e. The van der Waals surface area contributed by atoms with Crippen LogP contribution in [0.2, 0.25) is 0 Å². The van der Waals surface area contributed by atoms with Crippen molar-refractivity contribution in [1.29, 1.82) is 0 Å². The Morgan fingerprint density at radius 1 is 1.05 bits per heavy atom. The molecule has 0 bridgehead atoms. The molecule has 2 aliphatic heterocycles. The SMILES string of the molecule is CCCCN(C(=O)CN1CC(c2cc(OC)c3c(c2)OCO3)C(C(=O)O)C1Cc1ccccc1OC)c1cccc(CN)c1. The van der Waals surface area contributed by atoms with Crippen molar-refractivity contribution in [3.63, 3.8) is 0 Å². The topological polar surface area (TPSA) is 124 Å². The van der Waals surface area contributed by atoms with Crippen molar-refractivity contribution in [2.24, 2.45) is 11.7 Å². The molecule has 0 spiro atoms. The number of unbranched alkanes of at least 4 members (excludes halogenated alkanes) is 1. The summed E-state index contributed by atoms with van der Waals surface area (Å²) in [5.41, 5.74) is 9.28. The number of hydrogen-bond acceptors (Lipinski definition) is 8. The highest BCUT2D eigenvalue weighted by Crippen LogP contribution is 2.47. The molecule has 3 aromatic rings. The van der Waals surface area contributed by atoms with Crippen LogP contribution in [-0.2, 0) is 22.6 Å². The number of carbonyl (C=O) groups excluding carboxylic acids is 1. The average Bonchev–Trinajstić information content (AvgIpc) is 3.66. The quantitative estimate of drug-likeness (QED) is 0.292. The summed E-state index contributed by atoms with van der Waals surface area (Å²) < 4.78 is 22.5.